The number of amides is 1. The first-order valence-corrected chi connectivity index (χ1v) is 8.11. The van der Waals surface area contributed by atoms with Crippen molar-refractivity contribution in [1.29, 1.82) is 0 Å². The molecule has 2 aliphatic rings. The predicted molar refractivity (Wildman–Crippen MR) is 84.2 cm³/mol. The number of hydrogen-bond acceptors (Lipinski definition) is 5. The van der Waals surface area contributed by atoms with Crippen molar-refractivity contribution in [3.05, 3.63) is 29.8 Å². The molecule has 0 radical (unpaired) electrons. The molecule has 2 aliphatic heterocycles. The standard InChI is InChI=1S/C17H21NO6/c19-16(18-7-9-23-15(10-18)17(20)21)12-3-5-13(6-4-12)24-11-14-2-1-8-22-14/h3-6,14-15H,1-2,7-11H2,(H,20,21)/t14-,15+/m0/s1. The predicted octanol–water partition coefficient (Wildman–Crippen LogP) is 1.17. The Morgan fingerprint density at radius 1 is 1.21 bits per heavy atom. The van der Waals surface area contributed by atoms with Gasteiger partial charge in [-0.1, -0.05) is 0 Å². The average Bonchev–Trinajstić information content (AvgIpc) is 3.13. The lowest BCUT2D eigenvalue weighted by atomic mass is 10.1. The zero-order chi connectivity index (χ0) is 16.9. The molecule has 130 valence electrons. The van der Waals surface area contributed by atoms with Gasteiger partial charge in [0.05, 0.1) is 19.3 Å². The number of nitrogens with zero attached hydrogens (tertiary/aromatic N) is 1. The molecule has 0 aliphatic carbocycles. The fourth-order valence-electron chi connectivity index (χ4n) is 2.82. The van der Waals surface area contributed by atoms with Crippen molar-refractivity contribution in [2.24, 2.45) is 0 Å². The van der Waals surface area contributed by atoms with Crippen molar-refractivity contribution in [2.75, 3.05) is 32.9 Å². The molecule has 7 heteroatoms. The molecule has 0 aromatic heterocycles. The van der Waals surface area contributed by atoms with E-state index in [4.69, 9.17) is 19.3 Å². The molecule has 2 fully saturated rings. The maximum absolute atomic E-state index is 12.5. The monoisotopic (exact) mass is 335 g/mol. The summed E-state index contributed by atoms with van der Waals surface area (Å²) in [4.78, 5) is 25.0. The van der Waals surface area contributed by atoms with Gasteiger partial charge >= 0.3 is 5.97 Å². The fraction of sp³-hybridized carbons (Fsp3) is 0.529. The van der Waals surface area contributed by atoms with E-state index in [0.717, 1.165) is 19.4 Å². The highest BCUT2D eigenvalue weighted by Crippen LogP contribution is 2.18. The van der Waals surface area contributed by atoms with Crippen LogP contribution in [-0.4, -0.2) is 67.0 Å². The fourth-order valence-corrected chi connectivity index (χ4v) is 2.82. The second-order valence-corrected chi connectivity index (χ2v) is 5.92. The molecule has 24 heavy (non-hydrogen) atoms. The quantitative estimate of drug-likeness (QED) is 0.869. The molecule has 1 aromatic rings. The third kappa shape index (κ3) is 4.04. The van der Waals surface area contributed by atoms with Crippen molar-refractivity contribution < 1.29 is 28.9 Å². The number of ether oxygens (including phenoxy) is 3. The Bertz CT molecular complexity index is 581. The topological polar surface area (TPSA) is 85.3 Å². The van der Waals surface area contributed by atoms with Crippen LogP contribution in [0.15, 0.2) is 24.3 Å². The Hall–Kier alpha value is -2.12. The second kappa shape index (κ2) is 7.63. The summed E-state index contributed by atoms with van der Waals surface area (Å²) in [5, 5.41) is 9.00. The van der Waals surface area contributed by atoms with Crippen LogP contribution in [0, 0.1) is 0 Å². The number of hydrogen-bond donors (Lipinski definition) is 1. The number of aliphatic carboxylic acids is 1. The molecule has 2 saturated heterocycles. The molecule has 0 bridgehead atoms. The smallest absolute Gasteiger partial charge is 0.334 e. The Morgan fingerprint density at radius 3 is 2.67 bits per heavy atom. The Morgan fingerprint density at radius 2 is 2.00 bits per heavy atom. The Labute approximate surface area is 140 Å². The molecular weight excluding hydrogens is 314 g/mol. The number of carboxylic acids is 1. The summed E-state index contributed by atoms with van der Waals surface area (Å²) >= 11 is 0. The van der Waals surface area contributed by atoms with Crippen molar-refractivity contribution >= 4 is 11.9 Å². The van der Waals surface area contributed by atoms with Gasteiger partial charge in [0.15, 0.2) is 6.10 Å². The van der Waals surface area contributed by atoms with Crippen LogP contribution in [0.25, 0.3) is 0 Å². The molecule has 0 saturated carbocycles. The van der Waals surface area contributed by atoms with E-state index < -0.39 is 12.1 Å². The number of carboxylic acid groups (broad SMARTS) is 1. The van der Waals surface area contributed by atoms with Gasteiger partial charge in [0.25, 0.3) is 5.91 Å². The lowest BCUT2D eigenvalue weighted by Crippen LogP contribution is -2.48. The summed E-state index contributed by atoms with van der Waals surface area (Å²) < 4.78 is 16.3. The maximum Gasteiger partial charge on any atom is 0.334 e. The number of morpholine rings is 1. The van der Waals surface area contributed by atoms with E-state index in [-0.39, 0.29) is 25.2 Å². The van der Waals surface area contributed by atoms with Crippen LogP contribution >= 0.6 is 0 Å². The molecular formula is C17H21NO6. The summed E-state index contributed by atoms with van der Waals surface area (Å²) in [6.45, 7) is 1.98. The first-order valence-electron chi connectivity index (χ1n) is 8.11. The van der Waals surface area contributed by atoms with Gasteiger partial charge in [-0.3, -0.25) is 4.79 Å². The lowest BCUT2D eigenvalue weighted by molar-refractivity contribution is -0.154. The van der Waals surface area contributed by atoms with Crippen LogP contribution in [0.3, 0.4) is 0 Å². The first kappa shape index (κ1) is 16.7. The molecule has 1 amide bonds. The summed E-state index contributed by atoms with van der Waals surface area (Å²) in [5.74, 6) is -0.562. The number of rotatable bonds is 5. The number of carbonyl (C=O) groups is 2. The zero-order valence-electron chi connectivity index (χ0n) is 13.3. The van der Waals surface area contributed by atoms with Crippen LogP contribution in [0.2, 0.25) is 0 Å². The average molecular weight is 335 g/mol. The van der Waals surface area contributed by atoms with Gasteiger partial charge in [-0.05, 0) is 37.1 Å². The number of benzene rings is 1. The van der Waals surface area contributed by atoms with Crippen LogP contribution in [0.5, 0.6) is 5.75 Å². The minimum absolute atomic E-state index is 0.0609. The molecule has 2 atom stereocenters. The van der Waals surface area contributed by atoms with E-state index in [2.05, 4.69) is 0 Å². The van der Waals surface area contributed by atoms with Crippen molar-refractivity contribution in [1.82, 2.24) is 4.90 Å². The van der Waals surface area contributed by atoms with Crippen LogP contribution in [0.4, 0.5) is 0 Å². The molecule has 1 N–H and O–H groups in total. The van der Waals surface area contributed by atoms with Crippen LogP contribution < -0.4 is 4.74 Å². The van der Waals surface area contributed by atoms with E-state index in [1.165, 1.54) is 4.90 Å². The highest BCUT2D eigenvalue weighted by Gasteiger charge is 2.29. The highest BCUT2D eigenvalue weighted by molar-refractivity contribution is 5.94. The highest BCUT2D eigenvalue weighted by atomic mass is 16.5. The van der Waals surface area contributed by atoms with Gasteiger partial charge < -0.3 is 24.2 Å². The van der Waals surface area contributed by atoms with Gasteiger partial charge in [-0.15, -0.1) is 0 Å². The van der Waals surface area contributed by atoms with Crippen molar-refractivity contribution in [2.45, 2.75) is 25.0 Å². The largest absolute Gasteiger partial charge is 0.491 e. The van der Waals surface area contributed by atoms with Gasteiger partial charge in [0, 0.05) is 18.7 Å². The second-order valence-electron chi connectivity index (χ2n) is 5.92. The van der Waals surface area contributed by atoms with E-state index in [1.54, 1.807) is 24.3 Å². The van der Waals surface area contributed by atoms with Crippen LogP contribution in [0.1, 0.15) is 23.2 Å². The van der Waals surface area contributed by atoms with E-state index in [1.807, 2.05) is 0 Å². The van der Waals surface area contributed by atoms with Gasteiger partial charge in [0.2, 0.25) is 0 Å². The van der Waals surface area contributed by atoms with E-state index in [9.17, 15) is 9.59 Å². The molecule has 0 spiro atoms. The summed E-state index contributed by atoms with van der Waals surface area (Å²) in [6.07, 6.45) is 1.26. The first-order chi connectivity index (χ1) is 11.6. The third-order valence-corrected chi connectivity index (χ3v) is 4.19. The third-order valence-electron chi connectivity index (χ3n) is 4.19. The molecule has 1 aromatic carbocycles. The normalized spacial score (nSPS) is 23.9. The summed E-state index contributed by atoms with van der Waals surface area (Å²) in [6, 6.07) is 6.88. The maximum atomic E-state index is 12.5. The zero-order valence-corrected chi connectivity index (χ0v) is 13.3. The molecule has 7 nitrogen and oxygen atoms in total. The lowest BCUT2D eigenvalue weighted by Gasteiger charge is -2.30. The summed E-state index contributed by atoms with van der Waals surface area (Å²) in [5.41, 5.74) is 0.505. The molecule has 2 heterocycles. The van der Waals surface area contributed by atoms with Crippen molar-refractivity contribution in [3.8, 4) is 5.75 Å². The van der Waals surface area contributed by atoms with Gasteiger partial charge in [-0.2, -0.15) is 0 Å². The van der Waals surface area contributed by atoms with Gasteiger partial charge in [0.1, 0.15) is 12.4 Å². The molecule has 3 rings (SSSR count). The SMILES string of the molecule is O=C(O)[C@H]1CN(C(=O)c2ccc(OC[C@@H]3CCCO3)cc2)CCO1. The van der Waals surface area contributed by atoms with Crippen molar-refractivity contribution in [3.63, 3.8) is 0 Å². The minimum atomic E-state index is -1.05. The molecule has 0 unspecified atom stereocenters. The van der Waals surface area contributed by atoms with E-state index >= 15 is 0 Å². The number of carbonyl (C=O) groups excluding carboxylic acids is 1. The Balaban J connectivity index is 1.56. The minimum Gasteiger partial charge on any atom is -0.491 e. The van der Waals surface area contributed by atoms with Crippen LogP contribution in [-0.2, 0) is 14.3 Å². The summed E-state index contributed by atoms with van der Waals surface area (Å²) in [7, 11) is 0. The van der Waals surface area contributed by atoms with E-state index in [0.29, 0.717) is 24.5 Å². The van der Waals surface area contributed by atoms with Gasteiger partial charge in [-0.25, -0.2) is 4.79 Å². The Kier molecular flexibility index (Phi) is 5.32.